The summed E-state index contributed by atoms with van der Waals surface area (Å²) >= 11 is 11.9. The molecule has 1 amide bonds. The largest absolute Gasteiger partial charge is 0.322 e. The lowest BCUT2D eigenvalue weighted by Crippen LogP contribution is -2.24. The number of amides is 1. The van der Waals surface area contributed by atoms with E-state index in [9.17, 15) is 4.79 Å². The molecule has 5 heteroatoms. The summed E-state index contributed by atoms with van der Waals surface area (Å²) in [6, 6.07) is 19.8. The number of carbonyl (C=O) groups excluding carboxylic acids is 1. The van der Waals surface area contributed by atoms with Gasteiger partial charge in [-0.25, -0.2) is 4.39 Å². The van der Waals surface area contributed by atoms with Crippen molar-refractivity contribution in [1.29, 1.82) is 0 Å². The molecule has 0 saturated heterocycles. The van der Waals surface area contributed by atoms with Gasteiger partial charge in [-0.2, -0.15) is 0 Å². The highest BCUT2D eigenvalue weighted by atomic mass is 35.5. The third-order valence-corrected chi connectivity index (χ3v) is 5.48. The van der Waals surface area contributed by atoms with Crippen molar-refractivity contribution in [2.24, 2.45) is 0 Å². The molecule has 0 aliphatic carbocycles. The van der Waals surface area contributed by atoms with Crippen molar-refractivity contribution >= 4 is 34.8 Å². The van der Waals surface area contributed by atoms with Crippen LogP contribution in [0.5, 0.6) is 0 Å². The Morgan fingerprint density at radius 3 is 2.21 bits per heavy atom. The molecule has 0 fully saturated rings. The average Bonchev–Trinajstić information content (AvgIpc) is 2.66. The first-order chi connectivity index (χ1) is 13.7. The Kier molecular flexibility index (Phi) is 6.61. The summed E-state index contributed by atoms with van der Waals surface area (Å²) in [4.78, 5) is 12.5. The fraction of sp³-hybridized carbons (Fsp3) is 0.208. The molecule has 150 valence electrons. The zero-order valence-electron chi connectivity index (χ0n) is 16.3. The van der Waals surface area contributed by atoms with Crippen LogP contribution in [-0.4, -0.2) is 11.6 Å². The second kappa shape index (κ2) is 8.98. The monoisotopic (exact) mass is 429 g/mol. The first-order valence-corrected chi connectivity index (χ1v) is 10.1. The van der Waals surface area contributed by atoms with E-state index in [1.165, 1.54) is 0 Å². The van der Waals surface area contributed by atoms with Gasteiger partial charge in [0.25, 0.3) is 5.91 Å². The number of anilines is 1. The lowest BCUT2D eigenvalue weighted by Gasteiger charge is -2.21. The summed E-state index contributed by atoms with van der Waals surface area (Å²) in [6.07, 6.45) is 0.451. The molecule has 0 spiro atoms. The van der Waals surface area contributed by atoms with E-state index in [1.54, 1.807) is 49.4 Å². The molecule has 3 aromatic rings. The Hall–Kier alpha value is -2.36. The Morgan fingerprint density at radius 2 is 1.55 bits per heavy atom. The molecule has 0 bridgehead atoms. The van der Waals surface area contributed by atoms with Crippen LogP contribution < -0.4 is 5.32 Å². The lowest BCUT2D eigenvalue weighted by molar-refractivity contribution is 0.102. The molecular weight excluding hydrogens is 408 g/mol. The van der Waals surface area contributed by atoms with Gasteiger partial charge in [0, 0.05) is 24.1 Å². The van der Waals surface area contributed by atoms with Crippen LogP contribution >= 0.6 is 23.2 Å². The van der Waals surface area contributed by atoms with E-state index in [1.807, 2.05) is 31.2 Å². The van der Waals surface area contributed by atoms with Gasteiger partial charge in [-0.1, -0.05) is 59.6 Å². The van der Waals surface area contributed by atoms with E-state index in [-0.39, 0.29) is 18.7 Å². The number of para-hydroxylation sites is 1. The summed E-state index contributed by atoms with van der Waals surface area (Å²) in [6.45, 7) is 3.50. The Morgan fingerprint density at radius 1 is 0.931 bits per heavy atom. The van der Waals surface area contributed by atoms with E-state index in [2.05, 4.69) is 5.32 Å². The van der Waals surface area contributed by atoms with Crippen LogP contribution in [0.4, 0.5) is 10.1 Å². The summed E-state index contributed by atoms with van der Waals surface area (Å²) in [5.74, 6) is -0.190. The van der Waals surface area contributed by atoms with Crippen molar-refractivity contribution in [3.63, 3.8) is 0 Å². The maximum atomic E-state index is 15.1. The van der Waals surface area contributed by atoms with E-state index >= 15 is 4.39 Å². The van der Waals surface area contributed by atoms with E-state index in [4.69, 9.17) is 23.2 Å². The third kappa shape index (κ3) is 5.81. The normalized spacial score (nSPS) is 13.0. The quantitative estimate of drug-likeness (QED) is 0.445. The van der Waals surface area contributed by atoms with Gasteiger partial charge in [0.05, 0.1) is 10.0 Å². The van der Waals surface area contributed by atoms with Crippen molar-refractivity contribution in [3.05, 3.63) is 99.0 Å². The van der Waals surface area contributed by atoms with Crippen LogP contribution in [0.3, 0.4) is 0 Å². The summed E-state index contributed by atoms with van der Waals surface area (Å²) < 4.78 is 15.1. The number of rotatable bonds is 6. The zero-order chi connectivity index (χ0) is 21.0. The highest BCUT2D eigenvalue weighted by Gasteiger charge is 2.24. The number of halogens is 3. The van der Waals surface area contributed by atoms with Gasteiger partial charge >= 0.3 is 0 Å². The van der Waals surface area contributed by atoms with E-state index < -0.39 is 5.67 Å². The molecule has 0 aliphatic rings. The number of alkyl halides is 1. The molecule has 3 aromatic carbocycles. The van der Waals surface area contributed by atoms with E-state index in [0.717, 1.165) is 22.4 Å². The van der Waals surface area contributed by atoms with Crippen molar-refractivity contribution in [2.75, 3.05) is 5.32 Å². The molecule has 0 radical (unpaired) electrons. The lowest BCUT2D eigenvalue weighted by atomic mass is 9.91. The van der Waals surface area contributed by atoms with Gasteiger partial charge < -0.3 is 5.32 Å². The highest BCUT2D eigenvalue weighted by molar-refractivity contribution is 6.42. The smallest absolute Gasteiger partial charge is 0.255 e. The number of hydrogen-bond acceptors (Lipinski definition) is 1. The van der Waals surface area contributed by atoms with E-state index in [0.29, 0.717) is 15.6 Å². The van der Waals surface area contributed by atoms with Crippen LogP contribution in [0.25, 0.3) is 0 Å². The highest BCUT2D eigenvalue weighted by Crippen LogP contribution is 2.28. The molecule has 3 rings (SSSR count). The minimum atomic E-state index is -1.46. The molecule has 1 unspecified atom stereocenters. The van der Waals surface area contributed by atoms with Crippen molar-refractivity contribution in [3.8, 4) is 0 Å². The fourth-order valence-electron chi connectivity index (χ4n) is 3.24. The van der Waals surface area contributed by atoms with Crippen LogP contribution in [-0.2, 0) is 12.8 Å². The molecule has 0 heterocycles. The number of nitrogens with one attached hydrogen (secondary N) is 1. The molecule has 1 N–H and O–H groups in total. The standard InChI is InChI=1S/C24H22Cl2FNO/c1-16-5-3-4-6-22(16)28-23(29)19-10-7-17(8-11-19)14-24(2,27)15-18-9-12-20(25)21(26)13-18/h3-13H,14-15H2,1-2H3,(H,28,29). The third-order valence-electron chi connectivity index (χ3n) is 4.74. The predicted molar refractivity (Wildman–Crippen MR) is 119 cm³/mol. The Bertz CT molecular complexity index is 1020. The second-order valence-corrected chi connectivity index (χ2v) is 8.30. The van der Waals surface area contributed by atoms with Gasteiger partial charge in [0.15, 0.2) is 0 Å². The number of carbonyl (C=O) groups is 1. The maximum Gasteiger partial charge on any atom is 0.255 e. The van der Waals surface area contributed by atoms with Crippen molar-refractivity contribution in [2.45, 2.75) is 32.4 Å². The molecule has 2 nitrogen and oxygen atoms in total. The number of hydrogen-bond donors (Lipinski definition) is 1. The van der Waals surface area contributed by atoms with Gasteiger partial charge in [-0.15, -0.1) is 0 Å². The van der Waals surface area contributed by atoms with Gasteiger partial charge in [0.1, 0.15) is 5.67 Å². The Balaban J connectivity index is 1.65. The average molecular weight is 430 g/mol. The fourth-order valence-corrected chi connectivity index (χ4v) is 3.57. The second-order valence-electron chi connectivity index (χ2n) is 7.48. The van der Waals surface area contributed by atoms with Gasteiger partial charge in [-0.3, -0.25) is 4.79 Å². The SMILES string of the molecule is Cc1ccccc1NC(=O)c1ccc(CC(C)(F)Cc2ccc(Cl)c(Cl)c2)cc1. The first-order valence-electron chi connectivity index (χ1n) is 9.32. The number of benzene rings is 3. The molecular formula is C24H22Cl2FNO. The summed E-state index contributed by atoms with van der Waals surface area (Å²) in [5, 5.41) is 3.77. The minimum absolute atomic E-state index is 0.190. The van der Waals surface area contributed by atoms with Crippen LogP contribution in [0.1, 0.15) is 34.0 Å². The molecule has 0 aromatic heterocycles. The zero-order valence-corrected chi connectivity index (χ0v) is 17.8. The molecule has 1 atom stereocenters. The number of aryl methyl sites for hydroxylation is 1. The van der Waals surface area contributed by atoms with Crippen LogP contribution in [0.2, 0.25) is 10.0 Å². The van der Waals surface area contributed by atoms with Crippen molar-refractivity contribution < 1.29 is 9.18 Å². The topological polar surface area (TPSA) is 29.1 Å². The first kappa shape index (κ1) is 21.4. The summed E-state index contributed by atoms with van der Waals surface area (Å²) in [7, 11) is 0. The predicted octanol–water partition coefficient (Wildman–Crippen LogP) is 7.07. The van der Waals surface area contributed by atoms with Gasteiger partial charge in [0.2, 0.25) is 0 Å². The van der Waals surface area contributed by atoms with Crippen LogP contribution in [0, 0.1) is 6.92 Å². The minimum Gasteiger partial charge on any atom is -0.322 e. The molecule has 0 aliphatic heterocycles. The van der Waals surface area contributed by atoms with Crippen molar-refractivity contribution in [1.82, 2.24) is 0 Å². The molecule has 0 saturated carbocycles. The van der Waals surface area contributed by atoms with Crippen LogP contribution in [0.15, 0.2) is 66.7 Å². The van der Waals surface area contributed by atoms with Gasteiger partial charge in [-0.05, 0) is 60.9 Å². The molecule has 29 heavy (non-hydrogen) atoms. The maximum absolute atomic E-state index is 15.1. The summed E-state index contributed by atoms with van der Waals surface area (Å²) in [5.41, 5.74) is 2.46. The Labute approximate surface area is 180 Å².